The summed E-state index contributed by atoms with van der Waals surface area (Å²) in [5.41, 5.74) is -0.538. The maximum Gasteiger partial charge on any atom is 0.410 e. The molecule has 0 aromatic rings. The molecule has 0 aliphatic heterocycles. The van der Waals surface area contributed by atoms with Crippen LogP contribution >= 0.6 is 0 Å². The summed E-state index contributed by atoms with van der Waals surface area (Å²) in [4.78, 5) is 12.6. The minimum Gasteiger partial charge on any atom is -0.444 e. The Kier molecular flexibility index (Phi) is 5.07. The molecule has 0 fully saturated rings. The Morgan fingerprint density at radius 3 is 2.36 bits per heavy atom. The second-order valence-corrected chi connectivity index (χ2v) is 4.98. The maximum absolute atomic E-state index is 11.3. The van der Waals surface area contributed by atoms with E-state index >= 15 is 0 Å². The van der Waals surface area contributed by atoms with E-state index in [4.69, 9.17) is 9.29 Å². The number of hydrogen-bond acceptors (Lipinski definition) is 3. The van der Waals surface area contributed by atoms with Gasteiger partial charge in [-0.1, -0.05) is 0 Å². The van der Waals surface area contributed by atoms with Crippen LogP contribution < -0.4 is 0 Å². The molecular formula is C8H17NO4S. The predicted molar refractivity (Wildman–Crippen MR) is 54.5 cm³/mol. The van der Waals surface area contributed by atoms with Crippen molar-refractivity contribution in [1.29, 1.82) is 0 Å². The van der Waals surface area contributed by atoms with Gasteiger partial charge in [-0.05, 0) is 20.8 Å². The number of ether oxygens (including phenoxy) is 1. The fourth-order valence-electron chi connectivity index (χ4n) is 0.646. The van der Waals surface area contributed by atoms with Crippen LogP contribution in [0.25, 0.3) is 0 Å². The van der Waals surface area contributed by atoms with E-state index in [1.54, 1.807) is 20.8 Å². The zero-order valence-electron chi connectivity index (χ0n) is 8.94. The molecule has 14 heavy (non-hydrogen) atoms. The van der Waals surface area contributed by atoms with Crippen molar-refractivity contribution in [2.75, 3.05) is 19.3 Å². The highest BCUT2D eigenvalue weighted by atomic mass is 32.2. The van der Waals surface area contributed by atoms with Crippen LogP contribution in [0, 0.1) is 0 Å². The first kappa shape index (κ1) is 13.4. The summed E-state index contributed by atoms with van der Waals surface area (Å²) < 4.78 is 23.9. The molecule has 0 aliphatic carbocycles. The molecular weight excluding hydrogens is 206 g/mol. The van der Waals surface area contributed by atoms with Gasteiger partial charge in [0.2, 0.25) is 0 Å². The second-order valence-electron chi connectivity index (χ2n) is 3.93. The van der Waals surface area contributed by atoms with Gasteiger partial charge >= 0.3 is 6.09 Å². The summed E-state index contributed by atoms with van der Waals surface area (Å²) in [6.45, 7) is 5.51. The number of hydrogen-bond donors (Lipinski definition) is 1. The van der Waals surface area contributed by atoms with E-state index in [2.05, 4.69) is 0 Å². The Morgan fingerprint density at radius 2 is 2.00 bits per heavy atom. The number of amides is 1. The average molecular weight is 223 g/mol. The van der Waals surface area contributed by atoms with Gasteiger partial charge in [0, 0.05) is 13.6 Å². The highest BCUT2D eigenvalue weighted by Gasteiger charge is 2.19. The molecule has 1 N–H and O–H groups in total. The lowest BCUT2D eigenvalue weighted by Crippen LogP contribution is -2.36. The molecule has 0 saturated carbocycles. The van der Waals surface area contributed by atoms with Crippen molar-refractivity contribution in [3.8, 4) is 0 Å². The molecule has 1 amide bonds. The molecule has 1 unspecified atom stereocenters. The maximum atomic E-state index is 11.3. The van der Waals surface area contributed by atoms with Gasteiger partial charge in [0.25, 0.3) is 0 Å². The van der Waals surface area contributed by atoms with E-state index in [0.717, 1.165) is 0 Å². The second kappa shape index (κ2) is 5.31. The van der Waals surface area contributed by atoms with Crippen LogP contribution in [-0.2, 0) is 15.8 Å². The van der Waals surface area contributed by atoms with Gasteiger partial charge in [-0.15, -0.1) is 0 Å². The number of nitrogens with zero attached hydrogens (tertiary/aromatic N) is 1. The van der Waals surface area contributed by atoms with E-state index in [1.807, 2.05) is 0 Å². The Hall–Kier alpha value is -0.620. The van der Waals surface area contributed by atoms with Gasteiger partial charge in [-0.25, -0.2) is 9.00 Å². The molecule has 0 heterocycles. The van der Waals surface area contributed by atoms with Crippen molar-refractivity contribution in [3.05, 3.63) is 0 Å². The van der Waals surface area contributed by atoms with Crippen LogP contribution in [-0.4, -0.2) is 44.7 Å². The van der Waals surface area contributed by atoms with Gasteiger partial charge in [0.05, 0.1) is 5.75 Å². The summed E-state index contributed by atoms with van der Waals surface area (Å²) in [7, 11) is 1.53. The molecule has 0 spiro atoms. The van der Waals surface area contributed by atoms with Crippen molar-refractivity contribution < 1.29 is 18.3 Å². The third kappa shape index (κ3) is 6.85. The molecule has 0 rings (SSSR count). The van der Waals surface area contributed by atoms with Crippen LogP contribution in [0.3, 0.4) is 0 Å². The SMILES string of the molecule is CN(CCS(=O)O)C(=O)OC(C)(C)C. The Morgan fingerprint density at radius 1 is 1.50 bits per heavy atom. The molecule has 0 bridgehead atoms. The zero-order valence-corrected chi connectivity index (χ0v) is 9.76. The first-order valence-electron chi connectivity index (χ1n) is 4.24. The Bertz CT molecular complexity index is 224. The first-order chi connectivity index (χ1) is 6.22. The standard InChI is InChI=1S/C8H17NO4S/c1-8(2,3)13-7(10)9(4)5-6-14(11)12/h5-6H2,1-4H3,(H,11,12). The van der Waals surface area contributed by atoms with Crippen molar-refractivity contribution >= 4 is 17.2 Å². The molecule has 0 radical (unpaired) electrons. The van der Waals surface area contributed by atoms with Crippen LogP contribution in [0.5, 0.6) is 0 Å². The molecule has 0 aromatic carbocycles. The topological polar surface area (TPSA) is 66.8 Å². The summed E-state index contributed by atoms with van der Waals surface area (Å²) >= 11 is -1.88. The lowest BCUT2D eigenvalue weighted by atomic mass is 10.2. The van der Waals surface area contributed by atoms with Crippen LogP contribution in [0.2, 0.25) is 0 Å². The number of carbonyl (C=O) groups excluding carboxylic acids is 1. The lowest BCUT2D eigenvalue weighted by Gasteiger charge is -2.24. The largest absolute Gasteiger partial charge is 0.444 e. The molecule has 0 saturated heterocycles. The highest BCUT2D eigenvalue weighted by Crippen LogP contribution is 2.08. The van der Waals surface area contributed by atoms with Gasteiger partial charge < -0.3 is 14.2 Å². The average Bonchev–Trinajstić information content (AvgIpc) is 1.96. The lowest BCUT2D eigenvalue weighted by molar-refractivity contribution is 0.0309. The fourth-order valence-corrected chi connectivity index (χ4v) is 1.08. The minimum atomic E-state index is -1.88. The van der Waals surface area contributed by atoms with Gasteiger partial charge in [0.1, 0.15) is 5.60 Å². The van der Waals surface area contributed by atoms with Gasteiger partial charge in [-0.2, -0.15) is 0 Å². The van der Waals surface area contributed by atoms with Crippen molar-refractivity contribution in [2.45, 2.75) is 26.4 Å². The van der Waals surface area contributed by atoms with Gasteiger partial charge in [-0.3, -0.25) is 0 Å². The number of rotatable bonds is 3. The van der Waals surface area contributed by atoms with E-state index in [1.165, 1.54) is 11.9 Å². The van der Waals surface area contributed by atoms with E-state index in [0.29, 0.717) is 0 Å². The third-order valence-corrected chi connectivity index (χ3v) is 1.84. The normalized spacial score (nSPS) is 13.5. The summed E-state index contributed by atoms with van der Waals surface area (Å²) in [6, 6.07) is 0. The summed E-state index contributed by atoms with van der Waals surface area (Å²) in [6.07, 6.45) is -0.483. The fraction of sp³-hybridized carbons (Fsp3) is 0.875. The Balaban J connectivity index is 3.94. The van der Waals surface area contributed by atoms with Crippen LogP contribution in [0.4, 0.5) is 4.79 Å². The summed E-state index contributed by atoms with van der Waals surface area (Å²) in [5.74, 6) is 0.0374. The molecule has 0 aliphatic rings. The first-order valence-corrected chi connectivity index (χ1v) is 5.51. The third-order valence-electron chi connectivity index (χ3n) is 1.31. The smallest absolute Gasteiger partial charge is 0.410 e. The summed E-state index contributed by atoms with van der Waals surface area (Å²) in [5, 5.41) is 0. The van der Waals surface area contributed by atoms with E-state index in [-0.39, 0.29) is 12.3 Å². The highest BCUT2D eigenvalue weighted by molar-refractivity contribution is 7.79. The van der Waals surface area contributed by atoms with Gasteiger partial charge in [0.15, 0.2) is 11.1 Å². The van der Waals surface area contributed by atoms with Crippen molar-refractivity contribution in [2.24, 2.45) is 0 Å². The monoisotopic (exact) mass is 223 g/mol. The number of carbonyl (C=O) groups is 1. The van der Waals surface area contributed by atoms with Crippen molar-refractivity contribution in [1.82, 2.24) is 4.90 Å². The quantitative estimate of drug-likeness (QED) is 0.727. The van der Waals surface area contributed by atoms with E-state index in [9.17, 15) is 9.00 Å². The van der Waals surface area contributed by atoms with Crippen molar-refractivity contribution in [3.63, 3.8) is 0 Å². The molecule has 84 valence electrons. The predicted octanol–water partition coefficient (Wildman–Crippen LogP) is 1.08. The zero-order chi connectivity index (χ0) is 11.4. The molecule has 1 atom stereocenters. The Labute approximate surface area is 86.7 Å². The van der Waals surface area contributed by atoms with Crippen LogP contribution in [0.15, 0.2) is 0 Å². The minimum absolute atomic E-state index is 0.0374. The molecule has 6 heteroatoms. The van der Waals surface area contributed by atoms with Crippen LogP contribution in [0.1, 0.15) is 20.8 Å². The van der Waals surface area contributed by atoms with E-state index < -0.39 is 22.8 Å². The molecule has 0 aromatic heterocycles. The molecule has 5 nitrogen and oxygen atoms in total.